The minimum Gasteiger partial charge on any atom is -0.455 e. The maximum atomic E-state index is 11.9. The standard InChI is InChI=1S/C21H20N4O4/c1-14-3-6-17(11-15(14)2)22-13-21(26)24-23-12-19-9-10-20(29-19)16-4-7-18(8-5-16)25(27)28/h3-12,22H,13H2,1-2H3,(H,24,26)/b23-12+. The van der Waals surface area contributed by atoms with E-state index in [1.54, 1.807) is 24.3 Å². The zero-order chi connectivity index (χ0) is 20.8. The van der Waals surface area contributed by atoms with Crippen molar-refractivity contribution in [2.24, 2.45) is 5.10 Å². The number of hydrogen-bond donors (Lipinski definition) is 2. The van der Waals surface area contributed by atoms with Crippen molar-refractivity contribution in [1.82, 2.24) is 5.43 Å². The maximum Gasteiger partial charge on any atom is 0.269 e. The summed E-state index contributed by atoms with van der Waals surface area (Å²) in [5.41, 5.74) is 6.35. The normalized spacial score (nSPS) is 10.8. The smallest absolute Gasteiger partial charge is 0.269 e. The molecule has 8 heteroatoms. The van der Waals surface area contributed by atoms with Gasteiger partial charge >= 0.3 is 0 Å². The number of nitrogens with zero attached hydrogens (tertiary/aromatic N) is 2. The van der Waals surface area contributed by atoms with Crippen LogP contribution in [0.3, 0.4) is 0 Å². The van der Waals surface area contributed by atoms with Gasteiger partial charge in [-0.3, -0.25) is 14.9 Å². The van der Waals surface area contributed by atoms with E-state index >= 15 is 0 Å². The van der Waals surface area contributed by atoms with Crippen LogP contribution in [0.1, 0.15) is 16.9 Å². The number of rotatable bonds is 7. The van der Waals surface area contributed by atoms with Gasteiger partial charge in [0.15, 0.2) is 0 Å². The Morgan fingerprint density at radius 3 is 2.55 bits per heavy atom. The highest BCUT2D eigenvalue weighted by molar-refractivity contribution is 5.83. The molecule has 29 heavy (non-hydrogen) atoms. The SMILES string of the molecule is Cc1ccc(NCC(=O)N/N=C/c2ccc(-c3ccc([N+](=O)[O-])cc3)o2)cc1C. The van der Waals surface area contributed by atoms with Crippen LogP contribution in [0.4, 0.5) is 11.4 Å². The van der Waals surface area contributed by atoms with Gasteiger partial charge in [-0.05, 0) is 61.4 Å². The molecular formula is C21H20N4O4. The molecule has 3 aromatic rings. The zero-order valence-electron chi connectivity index (χ0n) is 16.0. The number of nitro groups is 1. The molecule has 0 aliphatic heterocycles. The van der Waals surface area contributed by atoms with E-state index < -0.39 is 4.92 Å². The van der Waals surface area contributed by atoms with Crippen molar-refractivity contribution in [3.8, 4) is 11.3 Å². The van der Waals surface area contributed by atoms with Crippen LogP contribution in [0.2, 0.25) is 0 Å². The van der Waals surface area contributed by atoms with Gasteiger partial charge in [-0.1, -0.05) is 6.07 Å². The lowest BCUT2D eigenvalue weighted by Gasteiger charge is -2.07. The fourth-order valence-electron chi connectivity index (χ4n) is 2.57. The lowest BCUT2D eigenvalue weighted by atomic mass is 10.1. The second-order valence-corrected chi connectivity index (χ2v) is 6.45. The second kappa shape index (κ2) is 8.83. The van der Waals surface area contributed by atoms with E-state index in [1.165, 1.54) is 23.9 Å². The summed E-state index contributed by atoms with van der Waals surface area (Å²) in [5, 5.41) is 17.6. The summed E-state index contributed by atoms with van der Waals surface area (Å²) in [6.45, 7) is 4.13. The zero-order valence-corrected chi connectivity index (χ0v) is 16.0. The fourth-order valence-corrected chi connectivity index (χ4v) is 2.57. The van der Waals surface area contributed by atoms with Gasteiger partial charge in [-0.15, -0.1) is 0 Å². The van der Waals surface area contributed by atoms with E-state index in [0.717, 1.165) is 11.3 Å². The molecule has 1 heterocycles. The number of hydrazone groups is 1. The minimum absolute atomic E-state index is 0.0132. The number of carbonyl (C=O) groups excluding carboxylic acids is 1. The molecule has 1 aromatic heterocycles. The number of anilines is 1. The molecule has 0 saturated carbocycles. The highest BCUT2D eigenvalue weighted by atomic mass is 16.6. The van der Waals surface area contributed by atoms with Gasteiger partial charge in [0.2, 0.25) is 0 Å². The number of non-ortho nitro benzene ring substituents is 1. The number of carbonyl (C=O) groups is 1. The largest absolute Gasteiger partial charge is 0.455 e. The van der Waals surface area contributed by atoms with Crippen molar-refractivity contribution >= 4 is 23.5 Å². The van der Waals surface area contributed by atoms with Crippen molar-refractivity contribution in [3.05, 3.63) is 81.6 Å². The number of amides is 1. The molecule has 0 bridgehead atoms. The van der Waals surface area contributed by atoms with Crippen LogP contribution < -0.4 is 10.7 Å². The van der Waals surface area contributed by atoms with Gasteiger partial charge in [-0.2, -0.15) is 5.10 Å². The fraction of sp³-hybridized carbons (Fsp3) is 0.143. The number of hydrogen-bond acceptors (Lipinski definition) is 6. The van der Waals surface area contributed by atoms with Crippen molar-refractivity contribution < 1.29 is 14.1 Å². The summed E-state index contributed by atoms with van der Waals surface area (Å²) in [6, 6.07) is 15.4. The Kier molecular flexibility index (Phi) is 6.03. The summed E-state index contributed by atoms with van der Waals surface area (Å²) in [4.78, 5) is 22.1. The first-order valence-electron chi connectivity index (χ1n) is 8.90. The summed E-state index contributed by atoms with van der Waals surface area (Å²) < 4.78 is 5.62. The maximum absolute atomic E-state index is 11.9. The number of benzene rings is 2. The van der Waals surface area contributed by atoms with Crippen molar-refractivity contribution in [3.63, 3.8) is 0 Å². The first-order chi connectivity index (χ1) is 13.9. The quantitative estimate of drug-likeness (QED) is 0.358. The van der Waals surface area contributed by atoms with Crippen molar-refractivity contribution in [2.45, 2.75) is 13.8 Å². The Labute approximate surface area is 167 Å². The topological polar surface area (TPSA) is 110 Å². The number of furan rings is 1. The van der Waals surface area contributed by atoms with Crippen molar-refractivity contribution in [2.75, 3.05) is 11.9 Å². The van der Waals surface area contributed by atoms with E-state index in [0.29, 0.717) is 17.1 Å². The third kappa shape index (κ3) is 5.29. The Balaban J connectivity index is 1.52. The van der Waals surface area contributed by atoms with Crippen LogP contribution in [0.5, 0.6) is 0 Å². The molecule has 0 radical (unpaired) electrons. The van der Waals surface area contributed by atoms with E-state index in [1.807, 2.05) is 32.0 Å². The lowest BCUT2D eigenvalue weighted by Crippen LogP contribution is -2.25. The highest BCUT2D eigenvalue weighted by Crippen LogP contribution is 2.24. The van der Waals surface area contributed by atoms with Gasteiger partial charge in [-0.25, -0.2) is 5.43 Å². The summed E-state index contributed by atoms with van der Waals surface area (Å²) in [6.07, 6.45) is 1.39. The van der Waals surface area contributed by atoms with Crippen LogP contribution in [0, 0.1) is 24.0 Å². The Hall–Kier alpha value is -3.94. The average Bonchev–Trinajstić information content (AvgIpc) is 3.18. The molecule has 2 aromatic carbocycles. The Morgan fingerprint density at radius 2 is 1.86 bits per heavy atom. The third-order valence-corrected chi connectivity index (χ3v) is 4.33. The molecule has 8 nitrogen and oxygen atoms in total. The molecule has 0 saturated heterocycles. The molecule has 0 aliphatic rings. The Bertz CT molecular complexity index is 1050. The summed E-state index contributed by atoms with van der Waals surface area (Å²) in [7, 11) is 0. The number of nitrogens with one attached hydrogen (secondary N) is 2. The molecular weight excluding hydrogens is 372 g/mol. The number of nitro benzene ring substituents is 1. The van der Waals surface area contributed by atoms with Crippen LogP contribution in [0.25, 0.3) is 11.3 Å². The van der Waals surface area contributed by atoms with Crippen LogP contribution in [-0.2, 0) is 4.79 Å². The molecule has 3 rings (SSSR count). The van der Waals surface area contributed by atoms with E-state index in [-0.39, 0.29) is 18.1 Å². The third-order valence-electron chi connectivity index (χ3n) is 4.33. The molecule has 148 valence electrons. The van der Waals surface area contributed by atoms with E-state index in [4.69, 9.17) is 4.42 Å². The molecule has 0 spiro atoms. The van der Waals surface area contributed by atoms with E-state index in [9.17, 15) is 14.9 Å². The van der Waals surface area contributed by atoms with E-state index in [2.05, 4.69) is 15.8 Å². The van der Waals surface area contributed by atoms with Gasteiger partial charge in [0.05, 0.1) is 17.7 Å². The first-order valence-corrected chi connectivity index (χ1v) is 8.90. The monoisotopic (exact) mass is 392 g/mol. The number of aryl methyl sites for hydroxylation is 2. The van der Waals surface area contributed by atoms with Crippen LogP contribution in [0.15, 0.2) is 64.1 Å². The highest BCUT2D eigenvalue weighted by Gasteiger charge is 2.08. The van der Waals surface area contributed by atoms with Gasteiger partial charge < -0.3 is 9.73 Å². The molecule has 0 aliphatic carbocycles. The van der Waals surface area contributed by atoms with Crippen molar-refractivity contribution in [1.29, 1.82) is 0 Å². The predicted octanol–water partition coefficient (Wildman–Crippen LogP) is 4.03. The predicted molar refractivity (Wildman–Crippen MR) is 111 cm³/mol. The summed E-state index contributed by atoms with van der Waals surface area (Å²) in [5.74, 6) is 0.700. The molecule has 0 atom stereocenters. The lowest BCUT2D eigenvalue weighted by molar-refractivity contribution is -0.384. The van der Waals surface area contributed by atoms with Crippen LogP contribution >= 0.6 is 0 Å². The van der Waals surface area contributed by atoms with Gasteiger partial charge in [0.25, 0.3) is 11.6 Å². The average molecular weight is 392 g/mol. The molecule has 2 N–H and O–H groups in total. The van der Waals surface area contributed by atoms with Gasteiger partial charge in [0.1, 0.15) is 11.5 Å². The first kappa shape index (κ1) is 19.8. The molecule has 0 fully saturated rings. The van der Waals surface area contributed by atoms with Gasteiger partial charge in [0, 0.05) is 23.4 Å². The summed E-state index contributed by atoms with van der Waals surface area (Å²) >= 11 is 0. The Morgan fingerprint density at radius 1 is 1.10 bits per heavy atom. The molecule has 1 amide bonds. The molecule has 0 unspecified atom stereocenters. The van der Waals surface area contributed by atoms with Crippen LogP contribution in [-0.4, -0.2) is 23.6 Å². The minimum atomic E-state index is -0.457. The second-order valence-electron chi connectivity index (χ2n) is 6.45.